The summed E-state index contributed by atoms with van der Waals surface area (Å²) in [5.74, 6) is 0.687. The molecule has 7 heteroatoms. The highest BCUT2D eigenvalue weighted by molar-refractivity contribution is 5.94. The van der Waals surface area contributed by atoms with E-state index in [4.69, 9.17) is 4.74 Å². The highest BCUT2D eigenvalue weighted by Crippen LogP contribution is 2.14. The molecule has 1 aliphatic rings. The Bertz CT molecular complexity index is 772. The van der Waals surface area contributed by atoms with Gasteiger partial charge in [0.1, 0.15) is 5.82 Å². The van der Waals surface area contributed by atoms with Gasteiger partial charge in [-0.3, -0.25) is 4.79 Å². The molecule has 2 heterocycles. The van der Waals surface area contributed by atoms with Crippen molar-refractivity contribution >= 4 is 17.8 Å². The summed E-state index contributed by atoms with van der Waals surface area (Å²) in [7, 11) is 0. The lowest BCUT2D eigenvalue weighted by atomic mass is 10.1. The van der Waals surface area contributed by atoms with Crippen molar-refractivity contribution in [1.82, 2.24) is 15.2 Å². The molecule has 0 saturated carbocycles. The Hall–Kier alpha value is -3.09. The van der Waals surface area contributed by atoms with Crippen LogP contribution in [0.1, 0.15) is 22.8 Å². The van der Waals surface area contributed by atoms with Crippen LogP contribution >= 0.6 is 0 Å². The highest BCUT2D eigenvalue weighted by atomic mass is 16.6. The summed E-state index contributed by atoms with van der Waals surface area (Å²) in [6.45, 7) is 5.35. The van der Waals surface area contributed by atoms with Gasteiger partial charge in [0.25, 0.3) is 5.91 Å². The molecule has 2 aromatic rings. The second-order valence-electron chi connectivity index (χ2n) is 6.57. The minimum atomic E-state index is -0.266. The third kappa shape index (κ3) is 5.22. The lowest BCUT2D eigenvalue weighted by Crippen LogP contribution is -2.49. The zero-order valence-electron chi connectivity index (χ0n) is 16.1. The fourth-order valence-electron chi connectivity index (χ4n) is 3.11. The number of hydrogen-bond donors (Lipinski definition) is 1. The molecule has 0 spiro atoms. The Balaban J connectivity index is 1.47. The van der Waals surface area contributed by atoms with Gasteiger partial charge >= 0.3 is 6.09 Å². The predicted molar refractivity (Wildman–Crippen MR) is 108 cm³/mol. The second kappa shape index (κ2) is 9.73. The smallest absolute Gasteiger partial charge is 0.409 e. The molecule has 1 aromatic heterocycles. The number of amides is 2. The van der Waals surface area contributed by atoms with Gasteiger partial charge < -0.3 is 19.9 Å². The maximum atomic E-state index is 12.3. The van der Waals surface area contributed by atoms with E-state index >= 15 is 0 Å². The van der Waals surface area contributed by atoms with E-state index < -0.39 is 0 Å². The number of nitrogens with zero attached hydrogens (tertiary/aromatic N) is 3. The molecule has 148 valence electrons. The minimum Gasteiger partial charge on any atom is -0.450 e. The van der Waals surface area contributed by atoms with Crippen molar-refractivity contribution in [2.45, 2.75) is 13.3 Å². The number of pyridine rings is 1. The van der Waals surface area contributed by atoms with Crippen molar-refractivity contribution < 1.29 is 14.3 Å². The topological polar surface area (TPSA) is 74.8 Å². The molecule has 0 bridgehead atoms. The number of rotatable bonds is 6. The molecule has 1 N–H and O–H groups in total. The number of piperazine rings is 1. The van der Waals surface area contributed by atoms with Crippen LogP contribution in [-0.2, 0) is 11.2 Å². The van der Waals surface area contributed by atoms with Crippen LogP contribution in [0.2, 0.25) is 0 Å². The van der Waals surface area contributed by atoms with Crippen molar-refractivity contribution in [1.29, 1.82) is 0 Å². The molecule has 3 rings (SSSR count). The minimum absolute atomic E-state index is 0.123. The average Bonchev–Trinajstić information content (AvgIpc) is 2.75. The molecule has 0 unspecified atom stereocenters. The molecule has 1 fully saturated rings. The first-order chi connectivity index (χ1) is 13.7. The number of hydrogen-bond acceptors (Lipinski definition) is 5. The van der Waals surface area contributed by atoms with E-state index in [1.54, 1.807) is 24.1 Å². The third-order valence-electron chi connectivity index (χ3n) is 4.68. The summed E-state index contributed by atoms with van der Waals surface area (Å²) in [6.07, 6.45) is 2.13. The van der Waals surface area contributed by atoms with Gasteiger partial charge in [-0.1, -0.05) is 30.3 Å². The van der Waals surface area contributed by atoms with Gasteiger partial charge in [-0.25, -0.2) is 9.78 Å². The first-order valence-corrected chi connectivity index (χ1v) is 9.62. The molecular formula is C21H26N4O3. The van der Waals surface area contributed by atoms with E-state index in [0.29, 0.717) is 44.9 Å². The van der Waals surface area contributed by atoms with E-state index in [9.17, 15) is 9.59 Å². The van der Waals surface area contributed by atoms with E-state index in [-0.39, 0.29) is 12.0 Å². The Morgan fingerprint density at radius 1 is 1.07 bits per heavy atom. The number of benzene rings is 1. The molecule has 2 amide bonds. The van der Waals surface area contributed by atoms with Crippen molar-refractivity contribution in [2.75, 3.05) is 44.2 Å². The van der Waals surface area contributed by atoms with Gasteiger partial charge in [0.05, 0.1) is 12.2 Å². The fourth-order valence-corrected chi connectivity index (χ4v) is 3.11. The van der Waals surface area contributed by atoms with Crippen molar-refractivity contribution in [3.8, 4) is 0 Å². The SMILES string of the molecule is CCOC(=O)N1CCN(c2ccc(C(=O)NCCc3ccccc3)cn2)CC1. The zero-order chi connectivity index (χ0) is 19.8. The van der Waals surface area contributed by atoms with Crippen LogP contribution in [-0.4, -0.2) is 61.2 Å². The van der Waals surface area contributed by atoms with Crippen LogP contribution in [0, 0.1) is 0 Å². The summed E-state index contributed by atoms with van der Waals surface area (Å²) in [6, 6.07) is 13.7. The molecule has 1 aliphatic heterocycles. The lowest BCUT2D eigenvalue weighted by Gasteiger charge is -2.34. The van der Waals surface area contributed by atoms with Gasteiger partial charge in [-0.05, 0) is 31.0 Å². The van der Waals surface area contributed by atoms with Crippen molar-refractivity contribution in [3.05, 3.63) is 59.8 Å². The summed E-state index contributed by atoms with van der Waals surface area (Å²) in [5.41, 5.74) is 1.74. The summed E-state index contributed by atoms with van der Waals surface area (Å²) in [5, 5.41) is 2.93. The summed E-state index contributed by atoms with van der Waals surface area (Å²) in [4.78, 5) is 32.3. The van der Waals surface area contributed by atoms with Crippen LogP contribution in [0.15, 0.2) is 48.7 Å². The van der Waals surface area contributed by atoms with E-state index in [1.807, 2.05) is 36.4 Å². The first-order valence-electron chi connectivity index (χ1n) is 9.62. The Labute approximate surface area is 165 Å². The van der Waals surface area contributed by atoms with E-state index in [1.165, 1.54) is 5.56 Å². The van der Waals surface area contributed by atoms with Crippen LogP contribution in [0.4, 0.5) is 10.6 Å². The Morgan fingerprint density at radius 2 is 1.82 bits per heavy atom. The summed E-state index contributed by atoms with van der Waals surface area (Å²) >= 11 is 0. The molecular weight excluding hydrogens is 356 g/mol. The van der Waals surface area contributed by atoms with E-state index in [2.05, 4.69) is 15.2 Å². The average molecular weight is 382 g/mol. The molecule has 7 nitrogen and oxygen atoms in total. The number of aromatic nitrogens is 1. The molecule has 1 saturated heterocycles. The van der Waals surface area contributed by atoms with Gasteiger partial charge in [0.15, 0.2) is 0 Å². The van der Waals surface area contributed by atoms with Gasteiger partial charge in [-0.2, -0.15) is 0 Å². The van der Waals surface area contributed by atoms with Gasteiger partial charge in [0.2, 0.25) is 0 Å². The number of ether oxygens (including phenoxy) is 1. The zero-order valence-corrected chi connectivity index (χ0v) is 16.1. The number of carbonyl (C=O) groups excluding carboxylic acids is 2. The summed E-state index contributed by atoms with van der Waals surface area (Å²) < 4.78 is 5.03. The quantitative estimate of drug-likeness (QED) is 0.830. The lowest BCUT2D eigenvalue weighted by molar-refractivity contribution is 0.0953. The third-order valence-corrected chi connectivity index (χ3v) is 4.68. The normalized spacial score (nSPS) is 13.9. The molecule has 28 heavy (non-hydrogen) atoms. The number of carbonyl (C=O) groups is 2. The van der Waals surface area contributed by atoms with Crippen molar-refractivity contribution in [2.24, 2.45) is 0 Å². The van der Waals surface area contributed by atoms with Crippen LogP contribution in [0.3, 0.4) is 0 Å². The monoisotopic (exact) mass is 382 g/mol. The standard InChI is InChI=1S/C21H26N4O3/c1-2-28-21(27)25-14-12-24(13-15-25)19-9-8-18(16-23-19)20(26)22-11-10-17-6-4-3-5-7-17/h3-9,16H,2,10-15H2,1H3,(H,22,26). The Morgan fingerprint density at radius 3 is 2.46 bits per heavy atom. The van der Waals surface area contributed by atoms with Crippen LogP contribution in [0.25, 0.3) is 0 Å². The first kappa shape index (κ1) is 19.7. The number of anilines is 1. The second-order valence-corrected chi connectivity index (χ2v) is 6.57. The predicted octanol–water partition coefficient (Wildman–Crippen LogP) is 2.33. The molecule has 0 radical (unpaired) electrons. The fraction of sp³-hybridized carbons (Fsp3) is 0.381. The van der Waals surface area contributed by atoms with Crippen LogP contribution in [0.5, 0.6) is 0 Å². The molecule has 1 aromatic carbocycles. The largest absolute Gasteiger partial charge is 0.450 e. The highest BCUT2D eigenvalue weighted by Gasteiger charge is 2.22. The van der Waals surface area contributed by atoms with Gasteiger partial charge in [0, 0.05) is 38.9 Å². The van der Waals surface area contributed by atoms with E-state index in [0.717, 1.165) is 12.2 Å². The maximum absolute atomic E-state index is 12.3. The number of nitrogens with one attached hydrogen (secondary N) is 1. The molecule has 0 atom stereocenters. The van der Waals surface area contributed by atoms with Gasteiger partial charge in [-0.15, -0.1) is 0 Å². The van der Waals surface area contributed by atoms with Crippen LogP contribution < -0.4 is 10.2 Å². The Kier molecular flexibility index (Phi) is 6.84. The maximum Gasteiger partial charge on any atom is 0.409 e. The molecule has 0 aliphatic carbocycles. The van der Waals surface area contributed by atoms with Crippen molar-refractivity contribution in [3.63, 3.8) is 0 Å².